The Hall–Kier alpha value is -5.98. The van der Waals surface area contributed by atoms with Crippen molar-refractivity contribution in [1.82, 2.24) is 34.6 Å². The molecule has 317 valence electrons. The smallest absolute Gasteiger partial charge is 0 e. The molecule has 0 unspecified atom stereocenters. The molecule has 0 saturated carbocycles. The number of hydrogen-bond acceptors (Lipinski definition) is 11. The van der Waals surface area contributed by atoms with Crippen molar-refractivity contribution >= 4 is 47.6 Å². The number of rotatable bonds is 26. The van der Waals surface area contributed by atoms with E-state index in [1.807, 2.05) is 15.5 Å². The molecule has 2 rings (SSSR count). The van der Waals surface area contributed by atoms with Crippen LogP contribution in [0.1, 0.15) is 63.0 Å². The minimum atomic E-state index is -1.63. The van der Waals surface area contributed by atoms with E-state index in [0.29, 0.717) is 31.0 Å². The summed E-state index contributed by atoms with van der Waals surface area (Å²) in [5.41, 5.74) is 0. The molecule has 2 heterocycles. The van der Waals surface area contributed by atoms with Crippen molar-refractivity contribution in [3.8, 4) is 0 Å². The fourth-order valence-electron chi connectivity index (χ4n) is 5.04. The first kappa shape index (κ1) is 56.4. The van der Waals surface area contributed by atoms with Gasteiger partial charge >= 0.3 is 75.8 Å². The zero-order valence-corrected chi connectivity index (χ0v) is 33.2. The fraction of sp³-hybridized carbons (Fsp3) is 0.485. The van der Waals surface area contributed by atoms with Crippen LogP contribution in [0.2, 0.25) is 0 Å². The van der Waals surface area contributed by atoms with Crippen molar-refractivity contribution in [2.75, 3.05) is 6.54 Å². The topological polar surface area (TPSA) is 381 Å². The normalized spacial score (nSPS) is 11.4. The van der Waals surface area contributed by atoms with Gasteiger partial charge in [0.15, 0.2) is 0 Å². The van der Waals surface area contributed by atoms with Gasteiger partial charge < -0.3 is 50.4 Å². The minimum Gasteiger partial charge on any atom is 0 e. The molecule has 0 bridgehead atoms. The second kappa shape index (κ2) is 32.1. The number of carbonyl (C=O) groups is 8. The van der Waals surface area contributed by atoms with Crippen LogP contribution < -0.4 is 10.6 Å². The van der Waals surface area contributed by atoms with Gasteiger partial charge in [-0.25, -0.2) is 24.4 Å². The monoisotopic (exact) mass is 994 g/mol. The average molecular weight is 994 g/mol. The predicted octanol–water partition coefficient (Wildman–Crippen LogP) is -0.183. The van der Waals surface area contributed by atoms with Gasteiger partial charge in [0.1, 0.15) is 42.6 Å². The molecule has 0 saturated heterocycles. The van der Waals surface area contributed by atoms with Gasteiger partial charge in [-0.2, -0.15) is 0 Å². The second-order valence-electron chi connectivity index (χ2n) is 11.6. The summed E-state index contributed by atoms with van der Waals surface area (Å²) in [5, 5.41) is 59.6. The SMILES string of the molecule is O=C(O)CC[C@H](NC(=O)N[C@@H](CCC(=O)C[C@@H](CCCCN(Cc1nccn1CC(=O)O)Cc1nccn1CC(=O)O)C(=O)O)C(=O)O)C(=O)O.[C-]#[O+].[C-]#[O+].[C-]#[O+].[Re]. The molecule has 2 amide bonds. The van der Waals surface area contributed by atoms with Gasteiger partial charge in [0, 0.05) is 64.5 Å². The number of nitrogens with one attached hydrogen (secondary N) is 2. The number of unbranched alkanes of at least 4 members (excludes halogenated alkanes) is 1. The molecule has 0 aliphatic rings. The first-order chi connectivity index (χ1) is 27.0. The van der Waals surface area contributed by atoms with Crippen LogP contribution in [0.15, 0.2) is 24.8 Å². The molecule has 0 aliphatic carbocycles. The summed E-state index contributed by atoms with van der Waals surface area (Å²) >= 11 is 0. The number of aromatic nitrogens is 4. The van der Waals surface area contributed by atoms with E-state index < -0.39 is 97.7 Å². The molecule has 3 atom stereocenters. The van der Waals surface area contributed by atoms with Crippen molar-refractivity contribution in [3.63, 3.8) is 0 Å². The Bertz CT molecular complexity index is 1630. The molecular weight excluding hydrogens is 953 g/mol. The quantitative estimate of drug-likeness (QED) is 0.0344. The number of carbonyl (C=O) groups excluding carboxylic acids is 2. The van der Waals surface area contributed by atoms with Gasteiger partial charge in [-0.15, -0.1) is 0 Å². The summed E-state index contributed by atoms with van der Waals surface area (Å²) in [5.74, 6) is -8.63. The first-order valence-corrected chi connectivity index (χ1v) is 16.3. The Kier molecular flexibility index (Phi) is 31.2. The van der Waals surface area contributed by atoms with E-state index >= 15 is 0 Å². The van der Waals surface area contributed by atoms with Crippen molar-refractivity contribution in [2.24, 2.45) is 5.92 Å². The third-order valence-electron chi connectivity index (χ3n) is 7.61. The van der Waals surface area contributed by atoms with Gasteiger partial charge in [-0.3, -0.25) is 28.9 Å². The number of imidazole rings is 2. The first-order valence-electron chi connectivity index (χ1n) is 16.3. The number of carboxylic acids is 6. The van der Waals surface area contributed by atoms with Crippen molar-refractivity contribution in [1.29, 1.82) is 0 Å². The number of aliphatic carboxylic acids is 6. The molecule has 2 aromatic heterocycles. The standard InChI is InChI=1S/C30H41N7O14.3CO.Re/c38-19(4-5-20(28(47)48)33-30(51)34-21(29(49)50)6-7-24(39)40)13-18(27(45)46)3-1-2-10-35(14-22-31-8-11-36(22)16-25(41)42)15-23-32-9-12-37(23)17-26(43)44;3*1-2;/h8-9,11-12,18,20-21H,1-7,10,13-17H2,(H,39,40)(H,41,42)(H,43,44)(H,45,46)(H,47,48)(H,49,50)(H2,33,34,51);;;;/t18-,20+,21+;;;;/m1..../s1. The third-order valence-corrected chi connectivity index (χ3v) is 7.61. The summed E-state index contributed by atoms with van der Waals surface area (Å²) in [6.45, 7) is 13.5. The number of amides is 2. The van der Waals surface area contributed by atoms with Crippen LogP contribution in [0.3, 0.4) is 0 Å². The molecule has 25 heteroatoms. The van der Waals surface area contributed by atoms with Crippen LogP contribution in [0.4, 0.5) is 4.79 Å². The van der Waals surface area contributed by atoms with E-state index in [1.54, 1.807) is 0 Å². The van der Waals surface area contributed by atoms with E-state index in [1.165, 1.54) is 33.9 Å². The molecule has 0 spiro atoms. The maximum Gasteiger partial charge on any atom is 0 e. The van der Waals surface area contributed by atoms with Gasteiger partial charge in [0.05, 0.1) is 19.0 Å². The van der Waals surface area contributed by atoms with Crippen LogP contribution in [-0.4, -0.2) is 121 Å². The fourth-order valence-corrected chi connectivity index (χ4v) is 5.04. The number of ketones is 1. The zero-order valence-electron chi connectivity index (χ0n) is 30.5. The third kappa shape index (κ3) is 23.8. The summed E-state index contributed by atoms with van der Waals surface area (Å²) < 4.78 is 25.4. The Morgan fingerprint density at radius 3 is 1.45 bits per heavy atom. The van der Waals surface area contributed by atoms with E-state index in [9.17, 15) is 63.9 Å². The average Bonchev–Trinajstić information content (AvgIpc) is 3.79. The maximum atomic E-state index is 12.7. The molecule has 8 N–H and O–H groups in total. The van der Waals surface area contributed by atoms with Gasteiger partial charge in [0.2, 0.25) is 0 Å². The van der Waals surface area contributed by atoms with E-state index in [4.69, 9.17) is 19.1 Å². The molecule has 2 aromatic rings. The number of hydrogen-bond donors (Lipinski definition) is 8. The maximum absolute atomic E-state index is 12.7. The van der Waals surface area contributed by atoms with Crippen molar-refractivity contribution in [3.05, 3.63) is 56.4 Å². The van der Waals surface area contributed by atoms with Crippen LogP contribution in [0.25, 0.3) is 0 Å². The zero-order chi connectivity index (χ0) is 44.1. The second-order valence-corrected chi connectivity index (χ2v) is 11.6. The Balaban J connectivity index is -0.00000412. The number of Topliss-reactive ketones (excluding diaryl/α,β-unsaturated/α-hetero) is 1. The van der Waals surface area contributed by atoms with E-state index in [0.717, 1.165) is 0 Å². The van der Waals surface area contributed by atoms with Crippen molar-refractivity contribution in [2.45, 2.75) is 89.6 Å². The Morgan fingerprint density at radius 1 is 0.638 bits per heavy atom. The van der Waals surface area contributed by atoms with Crippen LogP contribution in [-0.2, 0) is 94.1 Å². The summed E-state index contributed by atoms with van der Waals surface area (Å²) in [7, 11) is 0. The van der Waals surface area contributed by atoms with Gasteiger partial charge in [-0.1, -0.05) is 6.42 Å². The Labute approximate surface area is 343 Å². The largest absolute Gasteiger partial charge is 0 e. The van der Waals surface area contributed by atoms with Crippen molar-refractivity contribution < 1.29 is 103 Å². The van der Waals surface area contributed by atoms with Crippen LogP contribution in [0.5, 0.6) is 0 Å². The van der Waals surface area contributed by atoms with Gasteiger partial charge in [0.25, 0.3) is 0 Å². The molecule has 0 aromatic carbocycles. The van der Waals surface area contributed by atoms with E-state index in [-0.39, 0.29) is 53.0 Å². The predicted molar refractivity (Wildman–Crippen MR) is 181 cm³/mol. The Morgan fingerprint density at radius 2 is 1.07 bits per heavy atom. The molecule has 58 heavy (non-hydrogen) atoms. The number of urea groups is 1. The number of carboxylic acid groups (broad SMARTS) is 6. The summed E-state index contributed by atoms with van der Waals surface area (Å²) in [6, 6.07) is -4.45. The number of nitrogens with zero attached hydrogens (tertiary/aromatic N) is 5. The molecular formula is C33H41N7O17Re. The van der Waals surface area contributed by atoms with Crippen LogP contribution in [0, 0.1) is 25.9 Å². The van der Waals surface area contributed by atoms with E-state index in [2.05, 4.69) is 29.9 Å². The van der Waals surface area contributed by atoms with Crippen LogP contribution >= 0.6 is 0 Å². The van der Waals surface area contributed by atoms with Gasteiger partial charge in [-0.05, 0) is 32.2 Å². The summed E-state index contributed by atoms with van der Waals surface area (Å²) in [6.07, 6.45) is 4.43. The summed E-state index contributed by atoms with van der Waals surface area (Å²) in [4.78, 5) is 103. The molecule has 0 fully saturated rings. The molecule has 24 nitrogen and oxygen atoms in total. The molecule has 0 aliphatic heterocycles. The molecule has 1 radical (unpaired) electrons. The minimum absolute atomic E-state index is 0.